The van der Waals surface area contributed by atoms with Gasteiger partial charge in [-0.15, -0.1) is 0 Å². The molecule has 2 aromatic carbocycles. The van der Waals surface area contributed by atoms with Crippen LogP contribution in [0.15, 0.2) is 60.8 Å². The highest BCUT2D eigenvalue weighted by atomic mass is 16.5. The number of nitrogens with zero attached hydrogens (tertiary/aromatic N) is 3. The molecule has 0 bridgehead atoms. The van der Waals surface area contributed by atoms with Gasteiger partial charge in [-0.1, -0.05) is 38.1 Å². The summed E-state index contributed by atoms with van der Waals surface area (Å²) in [5, 5.41) is 2.88. The van der Waals surface area contributed by atoms with Gasteiger partial charge in [-0.25, -0.2) is 4.79 Å². The molecule has 3 aromatic rings. The number of anilines is 1. The summed E-state index contributed by atoms with van der Waals surface area (Å²) in [4.78, 5) is 30.5. The van der Waals surface area contributed by atoms with Crippen LogP contribution in [0.1, 0.15) is 42.6 Å². The van der Waals surface area contributed by atoms with Crippen molar-refractivity contribution in [2.24, 2.45) is 0 Å². The van der Waals surface area contributed by atoms with Crippen LogP contribution in [0, 0.1) is 0 Å². The number of hydrogen-bond acceptors (Lipinski definition) is 5. The number of carbonyl (C=O) groups is 2. The van der Waals surface area contributed by atoms with E-state index in [1.807, 2.05) is 17.2 Å². The van der Waals surface area contributed by atoms with E-state index in [9.17, 15) is 9.59 Å². The van der Waals surface area contributed by atoms with Crippen LogP contribution in [0.2, 0.25) is 0 Å². The first-order valence-corrected chi connectivity index (χ1v) is 13.2. The molecule has 0 saturated carbocycles. The molecule has 2 heterocycles. The van der Waals surface area contributed by atoms with Crippen LogP contribution in [0.25, 0.3) is 0 Å². The van der Waals surface area contributed by atoms with Crippen LogP contribution in [0.4, 0.5) is 10.5 Å². The standard InChI is InChI=1S/C30H38N4O5/c1-21(2)22-8-10-23(11-9-22)29-27-7-6-12-32(27)13-14-34(29)28(35)20-33(15-16-37-3)30(36)31-24-17-25(38-4)19-26(18-24)39-5/h6-12,17-19,21,29H,13-16,20H2,1-5H3,(H,31,36)/t29-/m1/s1. The minimum atomic E-state index is -0.408. The lowest BCUT2D eigenvalue weighted by molar-refractivity contribution is -0.134. The maximum Gasteiger partial charge on any atom is 0.322 e. The largest absolute Gasteiger partial charge is 0.497 e. The summed E-state index contributed by atoms with van der Waals surface area (Å²) in [5.41, 5.74) is 3.86. The molecular weight excluding hydrogens is 496 g/mol. The molecule has 0 aliphatic carbocycles. The number of benzene rings is 2. The van der Waals surface area contributed by atoms with E-state index in [-0.39, 0.29) is 25.0 Å². The van der Waals surface area contributed by atoms with Gasteiger partial charge in [0.15, 0.2) is 0 Å². The van der Waals surface area contributed by atoms with Gasteiger partial charge < -0.3 is 33.9 Å². The molecule has 3 amide bonds. The second kappa shape index (κ2) is 12.7. The fourth-order valence-electron chi connectivity index (χ4n) is 4.86. The lowest BCUT2D eigenvalue weighted by Gasteiger charge is -2.38. The molecule has 0 fully saturated rings. The molecule has 9 nitrogen and oxygen atoms in total. The summed E-state index contributed by atoms with van der Waals surface area (Å²) < 4.78 is 18.1. The van der Waals surface area contributed by atoms with Gasteiger partial charge >= 0.3 is 6.03 Å². The Hall–Kier alpha value is -3.98. The van der Waals surface area contributed by atoms with Crippen LogP contribution < -0.4 is 14.8 Å². The molecule has 1 aliphatic heterocycles. The van der Waals surface area contributed by atoms with Crippen LogP contribution in [0.3, 0.4) is 0 Å². The van der Waals surface area contributed by atoms with Crippen molar-refractivity contribution in [2.75, 3.05) is 52.9 Å². The average Bonchev–Trinajstić information content (AvgIpc) is 3.43. The van der Waals surface area contributed by atoms with Gasteiger partial charge in [-0.2, -0.15) is 0 Å². The number of nitrogens with one attached hydrogen (secondary N) is 1. The quantitative estimate of drug-likeness (QED) is 0.406. The van der Waals surface area contributed by atoms with Crippen LogP contribution in [-0.4, -0.2) is 73.9 Å². The monoisotopic (exact) mass is 534 g/mol. The second-order valence-electron chi connectivity index (χ2n) is 9.88. The van der Waals surface area contributed by atoms with Gasteiger partial charge in [0, 0.05) is 62.5 Å². The van der Waals surface area contributed by atoms with E-state index in [0.29, 0.717) is 42.8 Å². The first kappa shape index (κ1) is 28.0. The van der Waals surface area contributed by atoms with Crippen LogP contribution in [0.5, 0.6) is 11.5 Å². The fourth-order valence-corrected chi connectivity index (χ4v) is 4.86. The number of methoxy groups -OCH3 is 3. The number of fused-ring (bicyclic) bond motifs is 1. The zero-order valence-electron chi connectivity index (χ0n) is 23.3. The molecule has 1 aliphatic rings. The van der Waals surface area contributed by atoms with Gasteiger partial charge in [0.1, 0.15) is 18.0 Å². The number of aromatic nitrogens is 1. The third kappa shape index (κ3) is 6.54. The van der Waals surface area contributed by atoms with Gasteiger partial charge in [-0.3, -0.25) is 4.79 Å². The molecule has 39 heavy (non-hydrogen) atoms. The Morgan fingerprint density at radius 2 is 1.69 bits per heavy atom. The van der Waals surface area contributed by atoms with Crippen LogP contribution in [-0.2, 0) is 16.1 Å². The molecule has 208 valence electrons. The predicted molar refractivity (Wildman–Crippen MR) is 151 cm³/mol. The Morgan fingerprint density at radius 1 is 1.00 bits per heavy atom. The van der Waals surface area contributed by atoms with Crippen molar-refractivity contribution in [2.45, 2.75) is 32.4 Å². The highest BCUT2D eigenvalue weighted by Gasteiger charge is 2.33. The van der Waals surface area contributed by atoms with E-state index in [0.717, 1.165) is 11.3 Å². The van der Waals surface area contributed by atoms with E-state index < -0.39 is 6.03 Å². The van der Waals surface area contributed by atoms with Crippen molar-refractivity contribution in [1.29, 1.82) is 0 Å². The fraction of sp³-hybridized carbons (Fsp3) is 0.400. The lowest BCUT2D eigenvalue weighted by Crippen LogP contribution is -2.49. The summed E-state index contributed by atoms with van der Waals surface area (Å²) in [7, 11) is 4.66. The Kier molecular flexibility index (Phi) is 9.14. The number of ether oxygens (including phenoxy) is 3. The average molecular weight is 535 g/mol. The zero-order chi connectivity index (χ0) is 27.9. The summed E-state index contributed by atoms with van der Waals surface area (Å²) in [6.45, 7) is 6.04. The van der Waals surface area contributed by atoms with E-state index in [1.165, 1.54) is 10.5 Å². The Morgan fingerprint density at radius 3 is 2.31 bits per heavy atom. The molecule has 4 rings (SSSR count). The lowest BCUT2D eigenvalue weighted by atomic mass is 9.95. The maximum absolute atomic E-state index is 13.8. The number of urea groups is 1. The predicted octanol–water partition coefficient (Wildman–Crippen LogP) is 4.74. The highest BCUT2D eigenvalue weighted by molar-refractivity contribution is 5.93. The summed E-state index contributed by atoms with van der Waals surface area (Å²) in [6, 6.07) is 17.0. The third-order valence-corrected chi connectivity index (χ3v) is 7.06. The first-order chi connectivity index (χ1) is 18.8. The van der Waals surface area contributed by atoms with Gasteiger partial charge in [-0.05, 0) is 29.2 Å². The second-order valence-corrected chi connectivity index (χ2v) is 9.88. The summed E-state index contributed by atoms with van der Waals surface area (Å²) in [5.74, 6) is 1.39. The topological polar surface area (TPSA) is 85.3 Å². The van der Waals surface area contributed by atoms with Gasteiger partial charge in [0.05, 0.1) is 26.9 Å². The molecule has 0 radical (unpaired) electrons. The Bertz CT molecular complexity index is 1250. The Labute approximate surface area is 230 Å². The molecule has 0 spiro atoms. The van der Waals surface area contributed by atoms with Crippen molar-refractivity contribution in [3.63, 3.8) is 0 Å². The number of amides is 3. The van der Waals surface area contributed by atoms with E-state index in [4.69, 9.17) is 14.2 Å². The van der Waals surface area contributed by atoms with Crippen LogP contribution >= 0.6 is 0 Å². The number of rotatable bonds is 10. The molecule has 0 saturated heterocycles. The van der Waals surface area contributed by atoms with Crippen molar-refractivity contribution < 1.29 is 23.8 Å². The van der Waals surface area contributed by atoms with Crippen molar-refractivity contribution >= 4 is 17.6 Å². The molecule has 0 unspecified atom stereocenters. The van der Waals surface area contributed by atoms with Crippen molar-refractivity contribution in [3.8, 4) is 11.5 Å². The normalized spacial score (nSPS) is 14.6. The summed E-state index contributed by atoms with van der Waals surface area (Å²) >= 11 is 0. The molecule has 1 N–H and O–H groups in total. The first-order valence-electron chi connectivity index (χ1n) is 13.2. The van der Waals surface area contributed by atoms with E-state index >= 15 is 0 Å². The molecule has 1 atom stereocenters. The van der Waals surface area contributed by atoms with E-state index in [1.54, 1.807) is 39.5 Å². The minimum Gasteiger partial charge on any atom is -0.497 e. The zero-order valence-corrected chi connectivity index (χ0v) is 23.3. The molecule has 9 heteroatoms. The van der Waals surface area contributed by atoms with Crippen molar-refractivity contribution in [3.05, 3.63) is 77.6 Å². The summed E-state index contributed by atoms with van der Waals surface area (Å²) in [6.07, 6.45) is 2.05. The van der Waals surface area contributed by atoms with Gasteiger partial charge in [0.2, 0.25) is 5.91 Å². The van der Waals surface area contributed by atoms with Gasteiger partial charge in [0.25, 0.3) is 0 Å². The SMILES string of the molecule is COCCN(CC(=O)N1CCn2cccc2[C@H]1c1ccc(C(C)C)cc1)C(=O)Nc1cc(OC)cc(OC)c1. The minimum absolute atomic E-state index is 0.0857. The maximum atomic E-state index is 13.8. The third-order valence-electron chi connectivity index (χ3n) is 7.06. The Balaban J connectivity index is 1.57. The molecular formula is C30H38N4O5. The van der Waals surface area contributed by atoms with Crippen molar-refractivity contribution in [1.82, 2.24) is 14.4 Å². The number of carbonyl (C=O) groups excluding carboxylic acids is 2. The highest BCUT2D eigenvalue weighted by Crippen LogP contribution is 2.33. The molecule has 1 aromatic heterocycles. The smallest absolute Gasteiger partial charge is 0.322 e. The number of hydrogen-bond donors (Lipinski definition) is 1. The van der Waals surface area contributed by atoms with E-state index in [2.05, 4.69) is 54.1 Å².